The minimum absolute atomic E-state index is 0.193. The van der Waals surface area contributed by atoms with E-state index >= 15 is 0 Å². The normalized spacial score (nSPS) is 12.9. The van der Waals surface area contributed by atoms with E-state index in [1.165, 1.54) is 0 Å². The van der Waals surface area contributed by atoms with Crippen molar-refractivity contribution in [3.05, 3.63) is 33.3 Å². The molecule has 0 aliphatic carbocycles. The minimum atomic E-state index is -4.54. The summed E-state index contributed by atoms with van der Waals surface area (Å²) >= 11 is 9.51. The lowest BCUT2D eigenvalue weighted by Gasteiger charge is -2.17. The van der Waals surface area contributed by atoms with Crippen molar-refractivity contribution in [2.24, 2.45) is 0 Å². The molecule has 0 saturated heterocycles. The standard InChI is InChI=1S/C16H19ClN4O10S2/c17-9-2-1-8(5-12(9)21(28)29)33(30,31)20-10(16(26)27)3-4-13(22)19-11(7-32)15(25)18-6-14(23)24/h1-2,5,10-11,20,32H,3-4,6-7H2,(H,18,25)(H,19,22)(H,23,24)(H,26,27)/t10-,11-/m1/s1. The number of rotatable bonds is 13. The van der Waals surface area contributed by atoms with E-state index in [0.717, 1.165) is 12.1 Å². The first-order valence-corrected chi connectivity index (χ1v) is 11.4. The maximum Gasteiger partial charge on any atom is 0.322 e. The fourth-order valence-corrected chi connectivity index (χ4v) is 4.00. The van der Waals surface area contributed by atoms with Gasteiger partial charge in [0, 0.05) is 18.2 Å². The number of carboxylic acid groups (broad SMARTS) is 2. The summed E-state index contributed by atoms with van der Waals surface area (Å²) in [5.74, 6) is -4.79. The van der Waals surface area contributed by atoms with E-state index < -0.39 is 80.8 Å². The lowest BCUT2D eigenvalue weighted by atomic mass is 10.1. The number of aliphatic carboxylic acids is 2. The van der Waals surface area contributed by atoms with E-state index in [1.807, 2.05) is 10.0 Å². The van der Waals surface area contributed by atoms with Crippen LogP contribution in [0.15, 0.2) is 23.1 Å². The van der Waals surface area contributed by atoms with Crippen molar-refractivity contribution in [3.8, 4) is 0 Å². The summed E-state index contributed by atoms with van der Waals surface area (Å²) in [5.41, 5.74) is -0.704. The van der Waals surface area contributed by atoms with Crippen molar-refractivity contribution in [1.82, 2.24) is 15.4 Å². The number of amides is 2. The van der Waals surface area contributed by atoms with E-state index in [4.69, 9.17) is 16.7 Å². The average molecular weight is 527 g/mol. The first kappa shape index (κ1) is 28.1. The van der Waals surface area contributed by atoms with E-state index in [9.17, 15) is 42.8 Å². The molecular weight excluding hydrogens is 508 g/mol. The van der Waals surface area contributed by atoms with Crippen LogP contribution in [-0.4, -0.2) is 71.7 Å². The molecule has 0 spiro atoms. The fourth-order valence-electron chi connectivity index (χ4n) is 2.31. The lowest BCUT2D eigenvalue weighted by molar-refractivity contribution is -0.384. The highest BCUT2D eigenvalue weighted by molar-refractivity contribution is 7.89. The fraction of sp³-hybridized carbons (Fsp3) is 0.375. The Morgan fingerprint density at radius 2 is 1.82 bits per heavy atom. The molecule has 0 bridgehead atoms. The first-order valence-electron chi connectivity index (χ1n) is 8.87. The Morgan fingerprint density at radius 3 is 2.33 bits per heavy atom. The number of nitrogens with one attached hydrogen (secondary N) is 3. The summed E-state index contributed by atoms with van der Waals surface area (Å²) in [6.07, 6.45) is -1.07. The topological polar surface area (TPSA) is 222 Å². The largest absolute Gasteiger partial charge is 0.480 e. The number of thiol groups is 1. The van der Waals surface area contributed by atoms with Gasteiger partial charge in [-0.05, 0) is 18.6 Å². The van der Waals surface area contributed by atoms with Crippen LogP contribution in [0.1, 0.15) is 12.8 Å². The van der Waals surface area contributed by atoms with Gasteiger partial charge in [0.25, 0.3) is 5.69 Å². The predicted molar refractivity (Wildman–Crippen MR) is 116 cm³/mol. The molecule has 0 radical (unpaired) electrons. The monoisotopic (exact) mass is 526 g/mol. The molecule has 0 heterocycles. The zero-order chi connectivity index (χ0) is 25.3. The van der Waals surface area contributed by atoms with E-state index in [2.05, 4.69) is 17.9 Å². The van der Waals surface area contributed by atoms with Crippen LogP contribution >= 0.6 is 24.2 Å². The van der Waals surface area contributed by atoms with Crippen LogP contribution in [0.2, 0.25) is 5.02 Å². The van der Waals surface area contributed by atoms with Gasteiger partial charge in [-0.25, -0.2) is 8.42 Å². The van der Waals surface area contributed by atoms with Gasteiger partial charge in [-0.2, -0.15) is 17.4 Å². The highest BCUT2D eigenvalue weighted by Gasteiger charge is 2.28. The molecular formula is C16H19ClN4O10S2. The summed E-state index contributed by atoms with van der Waals surface area (Å²) in [4.78, 5) is 55.3. The third-order valence-corrected chi connectivity index (χ3v) is 6.08. The quantitative estimate of drug-likeness (QED) is 0.108. The Hall–Kier alpha value is -2.95. The molecule has 33 heavy (non-hydrogen) atoms. The molecule has 0 unspecified atom stereocenters. The van der Waals surface area contributed by atoms with Crippen molar-refractivity contribution in [2.45, 2.75) is 29.8 Å². The minimum Gasteiger partial charge on any atom is -0.480 e. The number of nitrogens with zero attached hydrogens (tertiary/aromatic N) is 1. The second-order valence-electron chi connectivity index (χ2n) is 6.34. The summed E-state index contributed by atoms with van der Waals surface area (Å²) in [7, 11) is -4.54. The van der Waals surface area contributed by atoms with Gasteiger partial charge in [-0.3, -0.25) is 29.3 Å². The maximum absolute atomic E-state index is 12.5. The van der Waals surface area contributed by atoms with E-state index in [-0.39, 0.29) is 10.8 Å². The van der Waals surface area contributed by atoms with Crippen LogP contribution in [-0.2, 0) is 29.2 Å². The van der Waals surface area contributed by atoms with Crippen molar-refractivity contribution in [2.75, 3.05) is 12.3 Å². The molecule has 17 heteroatoms. The molecule has 2 atom stereocenters. The molecule has 0 aromatic heterocycles. The van der Waals surface area contributed by atoms with Gasteiger partial charge in [-0.15, -0.1) is 0 Å². The molecule has 182 valence electrons. The summed E-state index contributed by atoms with van der Waals surface area (Å²) < 4.78 is 26.8. The molecule has 2 amide bonds. The van der Waals surface area contributed by atoms with E-state index in [1.54, 1.807) is 0 Å². The second-order valence-corrected chi connectivity index (χ2v) is 8.82. The lowest BCUT2D eigenvalue weighted by Crippen LogP contribution is -2.49. The third kappa shape index (κ3) is 8.83. The Balaban J connectivity index is 2.84. The number of halogens is 1. The molecule has 0 fully saturated rings. The smallest absolute Gasteiger partial charge is 0.322 e. The molecule has 1 aromatic rings. The first-order chi connectivity index (χ1) is 15.3. The number of hydrogen-bond acceptors (Lipinski definition) is 9. The maximum atomic E-state index is 12.5. The Bertz CT molecular complexity index is 1050. The molecule has 0 aliphatic heterocycles. The molecule has 0 aliphatic rings. The van der Waals surface area contributed by atoms with E-state index in [0.29, 0.717) is 6.07 Å². The van der Waals surface area contributed by atoms with Gasteiger partial charge in [-0.1, -0.05) is 11.6 Å². The number of carbonyl (C=O) groups excluding carboxylic acids is 2. The van der Waals surface area contributed by atoms with Gasteiger partial charge >= 0.3 is 11.9 Å². The van der Waals surface area contributed by atoms with Gasteiger partial charge in [0.05, 0.1) is 9.82 Å². The molecule has 14 nitrogen and oxygen atoms in total. The summed E-state index contributed by atoms with van der Waals surface area (Å²) in [6.45, 7) is -0.690. The zero-order valence-electron chi connectivity index (χ0n) is 16.6. The van der Waals surface area contributed by atoms with Gasteiger partial charge in [0.2, 0.25) is 21.8 Å². The third-order valence-electron chi connectivity index (χ3n) is 3.93. The van der Waals surface area contributed by atoms with Gasteiger partial charge in [0.15, 0.2) is 0 Å². The Kier molecular flexibility index (Phi) is 10.5. The molecule has 5 N–H and O–H groups in total. The summed E-state index contributed by atoms with van der Waals surface area (Å²) in [6, 6.07) is -0.440. The molecule has 1 aromatic carbocycles. The number of nitro groups is 1. The molecule has 0 saturated carbocycles. The van der Waals surface area contributed by atoms with Gasteiger partial charge in [0.1, 0.15) is 23.7 Å². The highest BCUT2D eigenvalue weighted by atomic mass is 35.5. The Morgan fingerprint density at radius 1 is 1.18 bits per heavy atom. The van der Waals surface area contributed by atoms with Crippen LogP contribution < -0.4 is 15.4 Å². The highest BCUT2D eigenvalue weighted by Crippen LogP contribution is 2.27. The number of carboxylic acids is 2. The second kappa shape index (κ2) is 12.3. The van der Waals surface area contributed by atoms with Crippen LogP contribution in [0.25, 0.3) is 0 Å². The Labute approximate surface area is 197 Å². The number of nitro benzene ring substituents is 1. The average Bonchev–Trinajstić information content (AvgIpc) is 2.72. The number of hydrogen-bond donors (Lipinski definition) is 6. The van der Waals surface area contributed by atoms with Crippen molar-refractivity contribution < 1.29 is 42.7 Å². The number of carbonyl (C=O) groups is 4. The van der Waals surface area contributed by atoms with Crippen LogP contribution in [0.3, 0.4) is 0 Å². The van der Waals surface area contributed by atoms with Crippen LogP contribution in [0.4, 0.5) is 5.69 Å². The van der Waals surface area contributed by atoms with Crippen molar-refractivity contribution in [3.63, 3.8) is 0 Å². The summed E-state index contributed by atoms with van der Waals surface area (Å²) in [5, 5.41) is 32.7. The van der Waals surface area contributed by atoms with Crippen molar-refractivity contribution in [1.29, 1.82) is 0 Å². The number of sulfonamides is 1. The van der Waals surface area contributed by atoms with Crippen molar-refractivity contribution >= 4 is 63.7 Å². The van der Waals surface area contributed by atoms with Crippen LogP contribution in [0, 0.1) is 10.1 Å². The molecule has 1 rings (SSSR count). The SMILES string of the molecule is O=C(O)CNC(=O)[C@@H](CS)NC(=O)CC[C@@H](NS(=O)(=O)c1ccc(Cl)c([N+](=O)[O-])c1)C(=O)O. The zero-order valence-corrected chi connectivity index (χ0v) is 19.0. The predicted octanol–water partition coefficient (Wildman–Crippen LogP) is -0.625. The van der Waals surface area contributed by atoms with Crippen LogP contribution in [0.5, 0.6) is 0 Å². The number of benzene rings is 1. The van der Waals surface area contributed by atoms with Gasteiger partial charge < -0.3 is 20.8 Å².